The number of para-hydroxylation sites is 1. The molecule has 0 atom stereocenters. The predicted molar refractivity (Wildman–Crippen MR) is 121 cm³/mol. The molecule has 3 aromatic rings. The predicted octanol–water partition coefficient (Wildman–Crippen LogP) is 6.78. The number of halogens is 3. The lowest BCUT2D eigenvalue weighted by molar-refractivity contribution is -0.143. The summed E-state index contributed by atoms with van der Waals surface area (Å²) >= 11 is 1.65. The third kappa shape index (κ3) is 5.36. The first kappa shape index (κ1) is 23.2. The van der Waals surface area contributed by atoms with Gasteiger partial charge < -0.3 is 9.47 Å². The van der Waals surface area contributed by atoms with Gasteiger partial charge in [-0.2, -0.15) is 13.2 Å². The maximum absolute atomic E-state index is 12.7. The number of carbonyl (C=O) groups is 1. The van der Waals surface area contributed by atoms with Gasteiger partial charge >= 0.3 is 12.1 Å². The van der Waals surface area contributed by atoms with Crippen LogP contribution < -0.4 is 4.74 Å². The second-order valence-electron chi connectivity index (χ2n) is 7.98. The summed E-state index contributed by atoms with van der Waals surface area (Å²) in [7, 11) is 1.42. The van der Waals surface area contributed by atoms with Crippen molar-refractivity contribution in [2.24, 2.45) is 0 Å². The molecule has 1 aliphatic carbocycles. The molecule has 7 heteroatoms. The number of hydrogen-bond acceptors (Lipinski definition) is 4. The van der Waals surface area contributed by atoms with Crippen LogP contribution in [0.3, 0.4) is 0 Å². The maximum atomic E-state index is 12.7. The average Bonchev–Trinajstić information content (AvgIpc) is 3.63. The van der Waals surface area contributed by atoms with Crippen LogP contribution in [0.4, 0.5) is 13.2 Å². The van der Waals surface area contributed by atoms with E-state index in [2.05, 4.69) is 0 Å². The van der Waals surface area contributed by atoms with Gasteiger partial charge in [0, 0.05) is 16.2 Å². The molecule has 1 aliphatic rings. The molecule has 0 aliphatic heterocycles. The molecule has 0 radical (unpaired) electrons. The lowest BCUT2D eigenvalue weighted by atomic mass is 9.96. The number of hydrogen-bond donors (Lipinski definition) is 0. The summed E-state index contributed by atoms with van der Waals surface area (Å²) in [5.74, 6) is 1.19. The number of benzene rings is 3. The molecular formula is C26H23F3O3S. The maximum Gasteiger partial charge on any atom is 0.416 e. The number of alkyl halides is 3. The summed E-state index contributed by atoms with van der Waals surface area (Å²) in [6.45, 7) is 0.185. The fourth-order valence-corrected chi connectivity index (χ4v) is 4.57. The number of thioether (sulfide) groups is 1. The Balaban J connectivity index is 1.37. The normalized spacial score (nSPS) is 14.5. The Morgan fingerprint density at radius 3 is 2.24 bits per heavy atom. The molecule has 3 nitrogen and oxygen atoms in total. The molecule has 0 aromatic heterocycles. The van der Waals surface area contributed by atoms with E-state index in [1.165, 1.54) is 19.2 Å². The first-order valence-corrected chi connectivity index (χ1v) is 11.5. The van der Waals surface area contributed by atoms with Gasteiger partial charge in [-0.1, -0.05) is 42.5 Å². The molecule has 172 valence electrons. The van der Waals surface area contributed by atoms with Crippen molar-refractivity contribution in [3.63, 3.8) is 0 Å². The van der Waals surface area contributed by atoms with E-state index in [1.807, 2.05) is 48.5 Å². The summed E-state index contributed by atoms with van der Waals surface area (Å²) in [5, 5.41) is 0. The SMILES string of the molecule is COC(=O)C1(c2ccc(SCc3ccccc3OCc3ccc(C(F)(F)F)cc3)cc2)CC1. The van der Waals surface area contributed by atoms with E-state index in [1.54, 1.807) is 11.8 Å². The van der Waals surface area contributed by atoms with E-state index < -0.39 is 17.2 Å². The first-order chi connectivity index (χ1) is 15.8. The van der Waals surface area contributed by atoms with Gasteiger partial charge in [0.05, 0.1) is 18.1 Å². The van der Waals surface area contributed by atoms with Crippen LogP contribution in [0.15, 0.2) is 77.7 Å². The van der Waals surface area contributed by atoms with E-state index in [0.29, 0.717) is 17.1 Å². The first-order valence-electron chi connectivity index (χ1n) is 10.5. The molecule has 3 aromatic carbocycles. The molecule has 0 N–H and O–H groups in total. The van der Waals surface area contributed by atoms with Crippen LogP contribution in [0.25, 0.3) is 0 Å². The second kappa shape index (κ2) is 9.51. The molecule has 0 amide bonds. The Labute approximate surface area is 194 Å². The van der Waals surface area contributed by atoms with Crippen molar-refractivity contribution in [3.8, 4) is 5.75 Å². The van der Waals surface area contributed by atoms with Crippen LogP contribution in [0, 0.1) is 0 Å². The van der Waals surface area contributed by atoms with Crippen molar-refractivity contribution in [2.75, 3.05) is 7.11 Å². The second-order valence-corrected chi connectivity index (χ2v) is 9.03. The Bertz CT molecular complexity index is 1100. The Morgan fingerprint density at radius 2 is 1.64 bits per heavy atom. The van der Waals surface area contributed by atoms with Gasteiger partial charge in [0.1, 0.15) is 12.4 Å². The highest BCUT2D eigenvalue weighted by Crippen LogP contribution is 2.49. The zero-order valence-corrected chi connectivity index (χ0v) is 18.8. The number of methoxy groups -OCH3 is 1. The third-order valence-corrected chi connectivity index (χ3v) is 6.84. The van der Waals surface area contributed by atoms with Crippen LogP contribution >= 0.6 is 11.8 Å². The fraction of sp³-hybridized carbons (Fsp3) is 0.269. The van der Waals surface area contributed by atoms with E-state index in [-0.39, 0.29) is 12.6 Å². The fourth-order valence-electron chi connectivity index (χ4n) is 3.68. The number of esters is 1. The van der Waals surface area contributed by atoms with Crippen molar-refractivity contribution >= 4 is 17.7 Å². The number of carbonyl (C=O) groups excluding carboxylic acids is 1. The molecule has 1 fully saturated rings. The molecule has 0 saturated heterocycles. The number of ether oxygens (including phenoxy) is 2. The molecule has 0 spiro atoms. The minimum Gasteiger partial charge on any atom is -0.489 e. The molecule has 0 unspecified atom stereocenters. The summed E-state index contributed by atoms with van der Waals surface area (Å²) in [6, 6.07) is 20.6. The summed E-state index contributed by atoms with van der Waals surface area (Å²) in [6.07, 6.45) is -2.72. The Hall–Kier alpha value is -2.93. The van der Waals surface area contributed by atoms with Gasteiger partial charge in [-0.15, -0.1) is 11.8 Å². The van der Waals surface area contributed by atoms with Gasteiger partial charge in [-0.25, -0.2) is 0 Å². The molecular weight excluding hydrogens is 449 g/mol. The standard InChI is InChI=1S/C26H23F3O3S/c1-31-24(30)25(14-15-25)20-10-12-22(13-11-20)33-17-19-4-2-3-5-23(19)32-16-18-6-8-21(9-7-18)26(27,28)29/h2-13H,14-17H2,1H3. The van der Waals surface area contributed by atoms with Crippen molar-refractivity contribution < 1.29 is 27.4 Å². The van der Waals surface area contributed by atoms with Crippen LogP contribution in [0.5, 0.6) is 5.75 Å². The highest BCUT2D eigenvalue weighted by Gasteiger charge is 2.52. The number of rotatable bonds is 8. The van der Waals surface area contributed by atoms with Crippen molar-refractivity contribution in [3.05, 3.63) is 95.1 Å². The molecule has 0 bridgehead atoms. The molecule has 33 heavy (non-hydrogen) atoms. The van der Waals surface area contributed by atoms with Crippen molar-refractivity contribution in [2.45, 2.75) is 41.7 Å². The van der Waals surface area contributed by atoms with Gasteiger partial charge in [0.15, 0.2) is 0 Å². The van der Waals surface area contributed by atoms with Crippen LogP contribution in [0.1, 0.15) is 35.1 Å². The van der Waals surface area contributed by atoms with E-state index in [9.17, 15) is 18.0 Å². The Morgan fingerprint density at radius 1 is 0.970 bits per heavy atom. The highest BCUT2D eigenvalue weighted by atomic mass is 32.2. The highest BCUT2D eigenvalue weighted by molar-refractivity contribution is 7.98. The molecule has 0 heterocycles. The van der Waals surface area contributed by atoms with E-state index in [4.69, 9.17) is 9.47 Å². The van der Waals surface area contributed by atoms with E-state index in [0.717, 1.165) is 41.0 Å². The van der Waals surface area contributed by atoms with Gasteiger partial charge in [-0.3, -0.25) is 4.79 Å². The van der Waals surface area contributed by atoms with Crippen molar-refractivity contribution in [1.29, 1.82) is 0 Å². The minimum atomic E-state index is -4.35. The molecule has 1 saturated carbocycles. The van der Waals surface area contributed by atoms with Crippen LogP contribution in [-0.2, 0) is 33.5 Å². The zero-order valence-electron chi connectivity index (χ0n) is 18.0. The monoisotopic (exact) mass is 472 g/mol. The van der Waals surface area contributed by atoms with E-state index >= 15 is 0 Å². The average molecular weight is 473 g/mol. The Kier molecular flexibility index (Phi) is 6.70. The zero-order chi connectivity index (χ0) is 23.5. The quantitative estimate of drug-likeness (QED) is 0.267. The van der Waals surface area contributed by atoms with Gasteiger partial charge in [0.25, 0.3) is 0 Å². The van der Waals surface area contributed by atoms with Crippen LogP contribution in [0.2, 0.25) is 0 Å². The lowest BCUT2D eigenvalue weighted by Gasteiger charge is -2.14. The summed E-state index contributed by atoms with van der Waals surface area (Å²) in [4.78, 5) is 13.1. The van der Waals surface area contributed by atoms with Crippen molar-refractivity contribution in [1.82, 2.24) is 0 Å². The third-order valence-electron chi connectivity index (χ3n) is 5.78. The van der Waals surface area contributed by atoms with Gasteiger partial charge in [-0.05, 0) is 54.3 Å². The summed E-state index contributed by atoms with van der Waals surface area (Å²) < 4.78 is 49.0. The lowest BCUT2D eigenvalue weighted by Crippen LogP contribution is -2.21. The molecule has 4 rings (SSSR count). The topological polar surface area (TPSA) is 35.5 Å². The van der Waals surface area contributed by atoms with Gasteiger partial charge in [0.2, 0.25) is 0 Å². The van der Waals surface area contributed by atoms with Crippen LogP contribution in [-0.4, -0.2) is 13.1 Å². The smallest absolute Gasteiger partial charge is 0.416 e. The minimum absolute atomic E-state index is 0.179. The largest absolute Gasteiger partial charge is 0.489 e. The summed E-state index contributed by atoms with van der Waals surface area (Å²) in [5.41, 5.74) is 1.50.